The standard InChI is InChI=1S/C59H57Cl2N13O4/c1-35-10-21-48(36(2)65-35)58(75,52-33-63-68-72(52)6)41-17-22-49-44(30-41)54(60)46(56(66-49)77-8)28-39-13-11-38(12-14-39)24-27-78-57-47(29-40-15-19-43(20-16-40)74-26-9-25-64-74)55(61)45-31-42(18-23-50(45)67-57)59(76,51-32-62-37(3)71(51)5)53-34-70(4)69-73(53)7/h9-23,25-26,30-34,69,75-76H,24,27-29H2,1-8H3. The molecule has 3 N–H and O–H groups in total. The average Bonchev–Trinajstić information content (AvgIpc) is 4.33. The smallest absolute Gasteiger partial charge is 0.219 e. The monoisotopic (exact) mass is 1080 g/mol. The maximum Gasteiger partial charge on any atom is 0.219 e. The Balaban J connectivity index is 0.879. The second-order valence-electron chi connectivity index (χ2n) is 19.8. The highest BCUT2D eigenvalue weighted by Crippen LogP contribution is 2.44. The Bertz CT molecular complexity index is 3920. The SMILES string of the molecule is COc1nc2ccc(C(O)(c3ccc(C)nc3C)c3cnnn3C)cc2c(Cl)c1Cc1ccc(CCOc2nc3ccc(C(O)(C4=CN(C)NN4C)c4cnc(C)n4C)cc3c(Cl)c2Cc2ccc(-n3cccn3)cc2)cc1. The fraction of sp³-hybridized carbons (Fsp3) is 0.237. The Labute approximate surface area is 460 Å². The lowest BCUT2D eigenvalue weighted by molar-refractivity contribution is 0.0659. The molecule has 0 radical (unpaired) electrons. The number of nitrogens with zero attached hydrogens (tertiary/aromatic N) is 12. The lowest BCUT2D eigenvalue weighted by atomic mass is 9.82. The van der Waals surface area contributed by atoms with E-state index in [9.17, 15) is 10.2 Å². The Morgan fingerprint density at radius 3 is 1.88 bits per heavy atom. The Kier molecular flexibility index (Phi) is 13.7. The van der Waals surface area contributed by atoms with Crippen molar-refractivity contribution < 1.29 is 19.7 Å². The minimum Gasteiger partial charge on any atom is -0.481 e. The van der Waals surface area contributed by atoms with Crippen LogP contribution in [0.15, 0.2) is 140 Å². The van der Waals surface area contributed by atoms with Crippen LogP contribution in [0, 0.1) is 20.8 Å². The van der Waals surface area contributed by atoms with E-state index in [1.54, 1.807) is 47.4 Å². The molecule has 0 aliphatic carbocycles. The molecule has 1 aliphatic heterocycles. The third-order valence-electron chi connectivity index (χ3n) is 14.8. The number of rotatable bonds is 16. The summed E-state index contributed by atoms with van der Waals surface area (Å²) in [7, 11) is 8.95. The number of hydrogen-bond acceptors (Lipinski definition) is 14. The number of ether oxygens (including phenoxy) is 2. The first kappa shape index (κ1) is 51.9. The van der Waals surface area contributed by atoms with Crippen LogP contribution >= 0.6 is 23.2 Å². The van der Waals surface area contributed by atoms with Gasteiger partial charge >= 0.3 is 0 Å². The van der Waals surface area contributed by atoms with Crippen molar-refractivity contribution in [3.8, 4) is 17.4 Å². The predicted molar refractivity (Wildman–Crippen MR) is 299 cm³/mol. The Morgan fingerprint density at radius 1 is 0.692 bits per heavy atom. The van der Waals surface area contributed by atoms with E-state index in [0.717, 1.165) is 33.9 Å². The molecule has 2 unspecified atom stereocenters. The molecule has 0 saturated carbocycles. The van der Waals surface area contributed by atoms with Crippen molar-refractivity contribution in [1.29, 1.82) is 0 Å². The summed E-state index contributed by atoms with van der Waals surface area (Å²) in [6.07, 6.45) is 10.2. The number of benzene rings is 4. The number of likely N-dealkylation sites (N-methyl/N-ethyl adjacent to an activating group) is 1. The highest BCUT2D eigenvalue weighted by molar-refractivity contribution is 6.37. The summed E-state index contributed by atoms with van der Waals surface area (Å²) in [5, 5.41) is 44.3. The number of methoxy groups -OCH3 is 1. The van der Waals surface area contributed by atoms with Gasteiger partial charge < -0.3 is 24.3 Å². The van der Waals surface area contributed by atoms with Crippen LogP contribution in [0.5, 0.6) is 11.8 Å². The molecule has 396 valence electrons. The minimum absolute atomic E-state index is 0.314. The highest BCUT2D eigenvalue weighted by atomic mass is 35.5. The first-order valence-electron chi connectivity index (χ1n) is 25.3. The van der Waals surface area contributed by atoms with Crippen molar-refractivity contribution in [2.75, 3.05) is 27.8 Å². The van der Waals surface area contributed by atoms with Crippen molar-refractivity contribution >= 4 is 45.0 Å². The molecule has 78 heavy (non-hydrogen) atoms. The molecular weight excluding hydrogens is 1030 g/mol. The number of aromatic nitrogens is 10. The number of aryl methyl sites for hydroxylation is 4. The third kappa shape index (κ3) is 9.26. The van der Waals surface area contributed by atoms with Gasteiger partial charge in [-0.1, -0.05) is 83.0 Å². The van der Waals surface area contributed by atoms with Gasteiger partial charge in [-0.25, -0.2) is 24.3 Å². The maximum atomic E-state index is 13.0. The topological polar surface area (TPSA) is 182 Å². The van der Waals surface area contributed by atoms with Gasteiger partial charge in [-0.2, -0.15) is 5.10 Å². The normalized spacial score (nSPS) is 14.3. The lowest BCUT2D eigenvalue weighted by Gasteiger charge is -2.33. The summed E-state index contributed by atoms with van der Waals surface area (Å²) in [4.78, 5) is 19.2. The number of hydrazine groups is 2. The molecule has 7 heterocycles. The van der Waals surface area contributed by atoms with Crippen LogP contribution in [-0.4, -0.2) is 97.3 Å². The van der Waals surface area contributed by atoms with Gasteiger partial charge in [0.25, 0.3) is 0 Å². The van der Waals surface area contributed by atoms with Crippen molar-refractivity contribution in [2.24, 2.45) is 14.1 Å². The number of hydrogen-bond donors (Lipinski definition) is 3. The van der Waals surface area contributed by atoms with Gasteiger partial charge in [0, 0.05) is 105 Å². The molecule has 0 bridgehead atoms. The van der Waals surface area contributed by atoms with Crippen LogP contribution in [0.3, 0.4) is 0 Å². The fourth-order valence-corrected chi connectivity index (χ4v) is 11.1. The summed E-state index contributed by atoms with van der Waals surface area (Å²) < 4.78 is 17.7. The number of fused-ring (bicyclic) bond motifs is 2. The quantitative estimate of drug-likeness (QED) is 0.0834. The molecule has 4 aromatic carbocycles. The number of halogens is 2. The van der Waals surface area contributed by atoms with Crippen LogP contribution in [0.4, 0.5) is 0 Å². The molecule has 6 aromatic heterocycles. The molecule has 0 spiro atoms. The van der Waals surface area contributed by atoms with Crippen molar-refractivity contribution in [2.45, 2.75) is 51.2 Å². The van der Waals surface area contributed by atoms with Gasteiger partial charge in [0.2, 0.25) is 11.8 Å². The van der Waals surface area contributed by atoms with Crippen LogP contribution in [0.2, 0.25) is 10.0 Å². The Hall–Kier alpha value is -8.19. The van der Waals surface area contributed by atoms with Gasteiger partial charge in [-0.05, 0) is 97.1 Å². The molecule has 11 rings (SSSR count). The maximum absolute atomic E-state index is 13.0. The van der Waals surface area contributed by atoms with Crippen molar-refractivity contribution in [3.63, 3.8) is 0 Å². The van der Waals surface area contributed by atoms with Crippen molar-refractivity contribution in [3.05, 3.63) is 223 Å². The van der Waals surface area contributed by atoms with E-state index in [1.165, 1.54) is 0 Å². The van der Waals surface area contributed by atoms with E-state index < -0.39 is 11.2 Å². The van der Waals surface area contributed by atoms with E-state index in [0.29, 0.717) is 120 Å². The zero-order valence-corrected chi connectivity index (χ0v) is 45.9. The fourth-order valence-electron chi connectivity index (χ4n) is 10.5. The summed E-state index contributed by atoms with van der Waals surface area (Å²) in [5.74, 6) is 1.58. The van der Waals surface area contributed by atoms with Gasteiger partial charge in [0.05, 0.1) is 70.0 Å². The van der Waals surface area contributed by atoms with Gasteiger partial charge in [-0.3, -0.25) is 15.0 Å². The average molecular weight is 1080 g/mol. The second-order valence-corrected chi connectivity index (χ2v) is 20.5. The molecule has 2 atom stereocenters. The lowest BCUT2D eigenvalue weighted by Crippen LogP contribution is -2.42. The summed E-state index contributed by atoms with van der Waals surface area (Å²) in [5.41, 5.74) is 11.4. The zero-order valence-electron chi connectivity index (χ0n) is 44.4. The summed E-state index contributed by atoms with van der Waals surface area (Å²) >= 11 is 14.9. The highest BCUT2D eigenvalue weighted by Gasteiger charge is 2.44. The van der Waals surface area contributed by atoms with E-state index in [4.69, 9.17) is 42.6 Å². The Morgan fingerprint density at radius 2 is 1.32 bits per heavy atom. The van der Waals surface area contributed by atoms with Crippen LogP contribution < -0.4 is 15.0 Å². The predicted octanol–water partition coefficient (Wildman–Crippen LogP) is 8.93. The molecule has 17 nitrogen and oxygen atoms in total. The van der Waals surface area contributed by atoms with Gasteiger partial charge in [0.15, 0.2) is 11.2 Å². The molecule has 1 aliphatic rings. The third-order valence-corrected chi connectivity index (χ3v) is 15.6. The number of pyridine rings is 3. The van der Waals surface area contributed by atoms with Crippen molar-refractivity contribution in [1.82, 2.24) is 64.8 Å². The first-order chi connectivity index (χ1) is 37.5. The molecule has 19 heteroatoms. The second kappa shape index (κ2) is 20.6. The summed E-state index contributed by atoms with van der Waals surface area (Å²) in [6, 6.07) is 33.3. The van der Waals surface area contributed by atoms with E-state index in [2.05, 4.69) is 67.3 Å². The molecule has 0 amide bonds. The summed E-state index contributed by atoms with van der Waals surface area (Å²) in [6.45, 7) is 6.01. The molecule has 0 saturated heterocycles. The largest absolute Gasteiger partial charge is 0.481 e. The van der Waals surface area contributed by atoms with Crippen LogP contribution in [0.25, 0.3) is 27.5 Å². The number of aliphatic hydroxyl groups is 2. The van der Waals surface area contributed by atoms with Crippen LogP contribution in [0.1, 0.15) is 73.1 Å². The van der Waals surface area contributed by atoms with Gasteiger partial charge in [0.1, 0.15) is 5.82 Å². The number of nitrogens with one attached hydrogen (secondary N) is 1. The van der Waals surface area contributed by atoms with E-state index in [1.807, 2.05) is 130 Å². The first-order valence-corrected chi connectivity index (χ1v) is 26.1. The zero-order chi connectivity index (χ0) is 54.6. The van der Waals surface area contributed by atoms with Crippen LogP contribution in [-0.2, 0) is 44.6 Å². The molecule has 10 aromatic rings. The number of imidazole rings is 1. The van der Waals surface area contributed by atoms with E-state index in [-0.39, 0.29) is 0 Å². The molecule has 0 fully saturated rings. The van der Waals surface area contributed by atoms with Gasteiger partial charge in [-0.15, -0.1) is 10.6 Å². The molecular formula is C59H57Cl2N13O4. The minimum atomic E-state index is -1.66. The van der Waals surface area contributed by atoms with E-state index >= 15 is 0 Å².